The molecule has 0 radical (unpaired) electrons. The van der Waals surface area contributed by atoms with Crippen LogP contribution in [0.2, 0.25) is 0 Å². The molecule has 1 fully saturated rings. The first kappa shape index (κ1) is 11.9. The Hall–Kier alpha value is -1.20. The fourth-order valence-corrected chi connectivity index (χ4v) is 3.23. The van der Waals surface area contributed by atoms with Crippen molar-refractivity contribution in [2.24, 2.45) is 5.41 Å². The molecule has 3 rings (SSSR count). The number of rotatable bonds is 3. The van der Waals surface area contributed by atoms with Crippen molar-refractivity contribution in [2.45, 2.75) is 19.8 Å². The summed E-state index contributed by atoms with van der Waals surface area (Å²) in [4.78, 5) is 9.68. The fourth-order valence-electron chi connectivity index (χ4n) is 2.50. The van der Waals surface area contributed by atoms with Crippen LogP contribution in [-0.4, -0.2) is 29.6 Å². The summed E-state index contributed by atoms with van der Waals surface area (Å²) >= 11 is 1.66. The van der Waals surface area contributed by atoms with Crippen LogP contribution in [0.1, 0.15) is 19.8 Å². The fraction of sp³-hybridized carbons (Fsp3) is 0.538. The molecule has 4 nitrogen and oxygen atoms in total. The second-order valence-electron chi connectivity index (χ2n) is 5.31. The summed E-state index contributed by atoms with van der Waals surface area (Å²) in [5.74, 6) is 0.966. The molecule has 0 saturated carbocycles. The van der Waals surface area contributed by atoms with E-state index in [-0.39, 0.29) is 0 Å². The largest absolute Gasteiger partial charge is 0.369 e. The van der Waals surface area contributed by atoms with E-state index in [9.17, 15) is 0 Å². The molecule has 2 aromatic rings. The molecular formula is C13H18N4S. The van der Waals surface area contributed by atoms with Gasteiger partial charge < -0.3 is 10.6 Å². The molecule has 96 valence electrons. The summed E-state index contributed by atoms with van der Waals surface area (Å²) in [5.41, 5.74) is 0.325. The highest BCUT2D eigenvalue weighted by molar-refractivity contribution is 7.16. The molecule has 3 heterocycles. The number of hydrogen-bond donors (Lipinski definition) is 2. The molecule has 1 aliphatic rings. The predicted octanol–water partition coefficient (Wildman–Crippen LogP) is 2.49. The van der Waals surface area contributed by atoms with E-state index in [1.165, 1.54) is 12.8 Å². The molecule has 0 aromatic carbocycles. The molecule has 0 amide bonds. The summed E-state index contributed by atoms with van der Waals surface area (Å²) in [5, 5.41) is 10.2. The Morgan fingerprint density at radius 2 is 2.44 bits per heavy atom. The molecule has 1 unspecified atom stereocenters. The zero-order valence-corrected chi connectivity index (χ0v) is 11.4. The van der Waals surface area contributed by atoms with E-state index in [1.807, 2.05) is 0 Å². The van der Waals surface area contributed by atoms with Crippen molar-refractivity contribution < 1.29 is 0 Å². The highest BCUT2D eigenvalue weighted by atomic mass is 32.1. The zero-order valence-electron chi connectivity index (χ0n) is 10.6. The first-order chi connectivity index (χ1) is 8.77. The smallest absolute Gasteiger partial charge is 0.138 e. The number of fused-ring (bicyclic) bond motifs is 1. The van der Waals surface area contributed by atoms with Crippen molar-refractivity contribution >= 4 is 27.4 Å². The van der Waals surface area contributed by atoms with Crippen LogP contribution in [0.25, 0.3) is 10.2 Å². The Morgan fingerprint density at radius 3 is 3.28 bits per heavy atom. The molecule has 0 aliphatic carbocycles. The molecule has 2 aromatic heterocycles. The number of anilines is 1. The third-order valence-corrected chi connectivity index (χ3v) is 4.45. The van der Waals surface area contributed by atoms with Gasteiger partial charge in [0.05, 0.1) is 5.39 Å². The number of thiophene rings is 1. The van der Waals surface area contributed by atoms with Crippen LogP contribution in [0.5, 0.6) is 0 Å². The van der Waals surface area contributed by atoms with Crippen LogP contribution in [0.4, 0.5) is 5.82 Å². The lowest BCUT2D eigenvalue weighted by Gasteiger charge is -2.34. The van der Waals surface area contributed by atoms with Crippen LogP contribution >= 0.6 is 11.3 Å². The lowest BCUT2D eigenvalue weighted by molar-refractivity contribution is 0.253. The monoisotopic (exact) mass is 262 g/mol. The van der Waals surface area contributed by atoms with Gasteiger partial charge in [0.15, 0.2) is 0 Å². The van der Waals surface area contributed by atoms with Crippen molar-refractivity contribution in [3.8, 4) is 0 Å². The van der Waals surface area contributed by atoms with Gasteiger partial charge in [0, 0.05) is 13.1 Å². The molecule has 1 aliphatic heterocycles. The summed E-state index contributed by atoms with van der Waals surface area (Å²) < 4.78 is 0. The van der Waals surface area contributed by atoms with Gasteiger partial charge in [-0.2, -0.15) is 0 Å². The molecule has 0 spiro atoms. The molecule has 18 heavy (non-hydrogen) atoms. The van der Waals surface area contributed by atoms with Crippen LogP contribution in [0.15, 0.2) is 17.8 Å². The second-order valence-corrected chi connectivity index (χ2v) is 6.20. The van der Waals surface area contributed by atoms with Gasteiger partial charge in [-0.1, -0.05) is 6.92 Å². The number of piperidine rings is 1. The van der Waals surface area contributed by atoms with Crippen LogP contribution < -0.4 is 10.6 Å². The van der Waals surface area contributed by atoms with Gasteiger partial charge in [0.2, 0.25) is 0 Å². The van der Waals surface area contributed by atoms with Crippen LogP contribution in [0.3, 0.4) is 0 Å². The normalized spacial score (nSPS) is 24.3. The van der Waals surface area contributed by atoms with Gasteiger partial charge in [0.1, 0.15) is 17.0 Å². The van der Waals surface area contributed by atoms with Crippen molar-refractivity contribution in [1.82, 2.24) is 15.3 Å². The Kier molecular flexibility index (Phi) is 3.18. The number of aromatic nitrogens is 2. The Morgan fingerprint density at radius 1 is 1.50 bits per heavy atom. The number of nitrogens with one attached hydrogen (secondary N) is 2. The topological polar surface area (TPSA) is 49.8 Å². The number of hydrogen-bond acceptors (Lipinski definition) is 5. The molecular weight excluding hydrogens is 244 g/mol. The van der Waals surface area contributed by atoms with E-state index in [0.29, 0.717) is 5.41 Å². The summed E-state index contributed by atoms with van der Waals surface area (Å²) in [6.45, 7) is 5.52. The molecule has 1 saturated heterocycles. The summed E-state index contributed by atoms with van der Waals surface area (Å²) in [7, 11) is 0. The minimum absolute atomic E-state index is 0.325. The van der Waals surface area contributed by atoms with Crippen LogP contribution in [0, 0.1) is 5.41 Å². The van der Waals surface area contributed by atoms with Gasteiger partial charge in [0.25, 0.3) is 0 Å². The Labute approximate surface area is 111 Å². The van der Waals surface area contributed by atoms with Gasteiger partial charge in [-0.05, 0) is 36.2 Å². The summed E-state index contributed by atoms with van der Waals surface area (Å²) in [6.07, 6.45) is 4.17. The lowest BCUT2D eigenvalue weighted by Crippen LogP contribution is -2.42. The van der Waals surface area contributed by atoms with Crippen LogP contribution in [-0.2, 0) is 0 Å². The molecule has 5 heteroatoms. The van der Waals surface area contributed by atoms with E-state index in [1.54, 1.807) is 17.7 Å². The maximum Gasteiger partial charge on any atom is 0.138 e. The highest BCUT2D eigenvalue weighted by Gasteiger charge is 2.26. The zero-order chi connectivity index (χ0) is 12.4. The third-order valence-electron chi connectivity index (χ3n) is 3.63. The van der Waals surface area contributed by atoms with E-state index >= 15 is 0 Å². The second kappa shape index (κ2) is 4.82. The SMILES string of the molecule is CC1(CNc2ncnc3sccc23)CCCNC1. The van der Waals surface area contributed by atoms with Gasteiger partial charge in [-0.25, -0.2) is 9.97 Å². The highest BCUT2D eigenvalue weighted by Crippen LogP contribution is 2.28. The first-order valence-electron chi connectivity index (χ1n) is 6.40. The minimum atomic E-state index is 0.325. The van der Waals surface area contributed by atoms with Crippen molar-refractivity contribution in [2.75, 3.05) is 25.0 Å². The van der Waals surface area contributed by atoms with Gasteiger partial charge in [-0.3, -0.25) is 0 Å². The van der Waals surface area contributed by atoms with Crippen molar-refractivity contribution in [3.05, 3.63) is 17.8 Å². The Balaban J connectivity index is 1.74. The lowest BCUT2D eigenvalue weighted by atomic mass is 9.83. The average Bonchev–Trinajstić information content (AvgIpc) is 2.86. The quantitative estimate of drug-likeness (QED) is 0.892. The maximum absolute atomic E-state index is 4.36. The van der Waals surface area contributed by atoms with E-state index in [4.69, 9.17) is 0 Å². The average molecular weight is 262 g/mol. The van der Waals surface area contributed by atoms with Crippen molar-refractivity contribution in [3.63, 3.8) is 0 Å². The Bertz CT molecular complexity index is 531. The molecule has 2 N–H and O–H groups in total. The van der Waals surface area contributed by atoms with Gasteiger partial charge >= 0.3 is 0 Å². The molecule has 0 bridgehead atoms. The third kappa shape index (κ3) is 2.33. The van der Waals surface area contributed by atoms with E-state index in [0.717, 1.165) is 35.7 Å². The first-order valence-corrected chi connectivity index (χ1v) is 7.28. The summed E-state index contributed by atoms with van der Waals surface area (Å²) in [6, 6.07) is 2.09. The minimum Gasteiger partial charge on any atom is -0.369 e. The molecule has 1 atom stereocenters. The van der Waals surface area contributed by atoms with Gasteiger partial charge in [-0.15, -0.1) is 11.3 Å². The number of nitrogens with zero attached hydrogens (tertiary/aromatic N) is 2. The van der Waals surface area contributed by atoms with E-state index in [2.05, 4.69) is 39.0 Å². The standard InChI is InChI=1S/C13H18N4S/c1-13(4-2-5-14-7-13)8-15-11-10-3-6-18-12(10)17-9-16-11/h3,6,9,14H,2,4-5,7-8H2,1H3,(H,15,16,17). The van der Waals surface area contributed by atoms with Crippen molar-refractivity contribution in [1.29, 1.82) is 0 Å². The van der Waals surface area contributed by atoms with E-state index < -0.39 is 0 Å². The predicted molar refractivity (Wildman–Crippen MR) is 76.1 cm³/mol. The maximum atomic E-state index is 4.36.